The van der Waals surface area contributed by atoms with Crippen LogP contribution in [0.4, 0.5) is 0 Å². The van der Waals surface area contributed by atoms with Crippen LogP contribution in [-0.2, 0) is 32.7 Å². The first-order chi connectivity index (χ1) is 7.83. The molecule has 0 fully saturated rings. The van der Waals surface area contributed by atoms with Crippen molar-refractivity contribution >= 4 is 0 Å². The molecular weight excluding hydrogens is 281 g/mol. The first-order valence-electron chi connectivity index (χ1n) is 5.72. The zero-order valence-electron chi connectivity index (χ0n) is 10.3. The third-order valence-electron chi connectivity index (χ3n) is 3.05. The van der Waals surface area contributed by atoms with Crippen LogP contribution in [0, 0.1) is 13.8 Å². The van der Waals surface area contributed by atoms with Crippen molar-refractivity contribution in [3.8, 4) is 0 Å². The molecule has 17 heavy (non-hydrogen) atoms. The summed E-state index contributed by atoms with van der Waals surface area (Å²) < 4.78 is 0. The van der Waals surface area contributed by atoms with Crippen LogP contribution in [-0.4, -0.2) is 0 Å². The van der Waals surface area contributed by atoms with Crippen LogP contribution in [0.25, 0.3) is 0 Å². The van der Waals surface area contributed by atoms with Gasteiger partial charge in [0.05, 0.1) is 0 Å². The van der Waals surface area contributed by atoms with Crippen molar-refractivity contribution in [1.29, 1.82) is 0 Å². The van der Waals surface area contributed by atoms with Crippen LogP contribution in [0.5, 0.6) is 0 Å². The van der Waals surface area contributed by atoms with Gasteiger partial charge in [-0.05, 0) is 29.5 Å². The molecule has 2 aromatic rings. The van der Waals surface area contributed by atoms with Crippen molar-refractivity contribution in [3.63, 3.8) is 0 Å². The zero-order chi connectivity index (χ0) is 11.4. The Bertz CT molecular complexity index is 448. The Morgan fingerprint density at radius 2 is 1.53 bits per heavy atom. The Morgan fingerprint density at radius 3 is 2.12 bits per heavy atom. The van der Waals surface area contributed by atoms with Crippen molar-refractivity contribution < 1.29 is 32.7 Å². The molecule has 0 spiro atoms. The second kappa shape index (κ2) is 7.08. The predicted octanol–water partition coefficient (Wildman–Crippen LogP) is 4.35. The van der Waals surface area contributed by atoms with Gasteiger partial charge in [-0.2, -0.15) is 6.42 Å². The van der Waals surface area contributed by atoms with Crippen LogP contribution in [0.15, 0.2) is 54.6 Å². The Balaban J connectivity index is 0.00000144. The molecule has 2 aromatic carbocycles. The molecule has 0 nitrogen and oxygen atoms in total. The van der Waals surface area contributed by atoms with Gasteiger partial charge in [-0.15, -0.1) is 0 Å². The van der Waals surface area contributed by atoms with Gasteiger partial charge in [0, 0.05) is 32.7 Å². The molecular formula is C16H17Y-. The van der Waals surface area contributed by atoms with Crippen LogP contribution in [0.2, 0.25) is 0 Å². The maximum absolute atomic E-state index is 4.08. The van der Waals surface area contributed by atoms with Gasteiger partial charge in [-0.1, -0.05) is 54.6 Å². The molecule has 1 unspecified atom stereocenters. The average molecular weight is 298 g/mol. The molecule has 1 heteroatoms. The fourth-order valence-corrected chi connectivity index (χ4v) is 2.16. The molecule has 1 atom stereocenters. The van der Waals surface area contributed by atoms with Gasteiger partial charge in [0.25, 0.3) is 0 Å². The first-order valence-corrected chi connectivity index (χ1v) is 5.72. The fourth-order valence-electron chi connectivity index (χ4n) is 2.16. The van der Waals surface area contributed by atoms with Crippen molar-refractivity contribution in [2.45, 2.75) is 19.3 Å². The van der Waals surface area contributed by atoms with Gasteiger partial charge in [-0.3, -0.25) is 0 Å². The molecule has 1 radical (unpaired) electrons. The van der Waals surface area contributed by atoms with E-state index in [0.29, 0.717) is 5.92 Å². The third kappa shape index (κ3) is 3.50. The molecule has 2 rings (SSSR count). The number of hydrogen-bond acceptors (Lipinski definition) is 0. The summed E-state index contributed by atoms with van der Waals surface area (Å²) >= 11 is 0. The van der Waals surface area contributed by atoms with Crippen LogP contribution >= 0.6 is 0 Å². The number of aryl methyl sites for hydroxylation is 1. The summed E-state index contributed by atoms with van der Waals surface area (Å²) in [6, 6.07) is 19.2. The standard InChI is InChI=1S/C16H17.Y/c1-3-15(14-10-5-4-6-11-14)16-12-8-7-9-13(16)2;/h4-12,15H,1,3H2,2H3;/q-1;. The summed E-state index contributed by atoms with van der Waals surface area (Å²) in [7, 11) is 0. The van der Waals surface area contributed by atoms with E-state index in [0.717, 1.165) is 6.42 Å². The quantitative estimate of drug-likeness (QED) is 0.739. The summed E-state index contributed by atoms with van der Waals surface area (Å²) in [5.41, 5.74) is 4.09. The minimum absolute atomic E-state index is 0. The van der Waals surface area contributed by atoms with Gasteiger partial charge in [-0.25, -0.2) is 0 Å². The van der Waals surface area contributed by atoms with Crippen molar-refractivity contribution in [1.82, 2.24) is 0 Å². The molecule has 0 aliphatic rings. The molecule has 0 amide bonds. The van der Waals surface area contributed by atoms with E-state index in [1.807, 2.05) is 0 Å². The number of hydrogen-bond donors (Lipinski definition) is 0. The Labute approximate surface area is 129 Å². The van der Waals surface area contributed by atoms with Crippen molar-refractivity contribution in [3.05, 3.63) is 78.2 Å². The van der Waals surface area contributed by atoms with Crippen LogP contribution < -0.4 is 0 Å². The van der Waals surface area contributed by atoms with Gasteiger partial charge in [0.1, 0.15) is 0 Å². The molecule has 0 heterocycles. The summed E-state index contributed by atoms with van der Waals surface area (Å²) in [5.74, 6) is 0.419. The molecule has 0 saturated heterocycles. The number of rotatable bonds is 3. The molecule has 0 saturated carbocycles. The molecule has 85 valence electrons. The Kier molecular flexibility index (Phi) is 6.09. The largest absolute Gasteiger partial charge is 0.342 e. The minimum Gasteiger partial charge on any atom is -0.342 e. The molecule has 0 bridgehead atoms. The van der Waals surface area contributed by atoms with E-state index in [1.165, 1.54) is 16.7 Å². The molecule has 0 aliphatic heterocycles. The minimum atomic E-state index is 0. The van der Waals surface area contributed by atoms with Crippen molar-refractivity contribution in [2.75, 3.05) is 0 Å². The van der Waals surface area contributed by atoms with Gasteiger partial charge < -0.3 is 6.92 Å². The smallest absolute Gasteiger partial charge is 0 e. The van der Waals surface area contributed by atoms with E-state index in [1.54, 1.807) is 0 Å². The van der Waals surface area contributed by atoms with E-state index in [-0.39, 0.29) is 32.7 Å². The van der Waals surface area contributed by atoms with Gasteiger partial charge in [0.15, 0.2) is 0 Å². The molecule has 0 N–H and O–H groups in total. The first kappa shape index (κ1) is 14.6. The SMILES string of the molecule is [CH2-]CC(c1ccccc1)c1ccccc1C.[Y]. The average Bonchev–Trinajstić information content (AvgIpc) is 2.34. The summed E-state index contributed by atoms with van der Waals surface area (Å²) in [6.07, 6.45) is 0.898. The maximum Gasteiger partial charge on any atom is 0 e. The molecule has 0 aliphatic carbocycles. The fraction of sp³-hybridized carbons (Fsp3) is 0.188. The van der Waals surface area contributed by atoms with Gasteiger partial charge >= 0.3 is 0 Å². The van der Waals surface area contributed by atoms with Crippen LogP contribution in [0.3, 0.4) is 0 Å². The normalized spacial score (nSPS) is 11.6. The predicted molar refractivity (Wildman–Crippen MR) is 69.4 cm³/mol. The monoisotopic (exact) mass is 298 g/mol. The van der Waals surface area contributed by atoms with Crippen molar-refractivity contribution in [2.24, 2.45) is 0 Å². The van der Waals surface area contributed by atoms with E-state index in [9.17, 15) is 0 Å². The van der Waals surface area contributed by atoms with E-state index in [2.05, 4.69) is 68.4 Å². The maximum atomic E-state index is 4.08. The molecule has 0 aromatic heterocycles. The van der Waals surface area contributed by atoms with E-state index in [4.69, 9.17) is 0 Å². The Morgan fingerprint density at radius 1 is 0.941 bits per heavy atom. The van der Waals surface area contributed by atoms with E-state index < -0.39 is 0 Å². The van der Waals surface area contributed by atoms with E-state index >= 15 is 0 Å². The Hall–Kier alpha value is -0.456. The summed E-state index contributed by atoms with van der Waals surface area (Å²) in [5, 5.41) is 0. The number of benzene rings is 2. The summed E-state index contributed by atoms with van der Waals surface area (Å²) in [6.45, 7) is 6.25. The van der Waals surface area contributed by atoms with Crippen LogP contribution in [0.1, 0.15) is 29.0 Å². The topological polar surface area (TPSA) is 0 Å². The summed E-state index contributed by atoms with van der Waals surface area (Å²) in [4.78, 5) is 0. The third-order valence-corrected chi connectivity index (χ3v) is 3.05. The zero-order valence-corrected chi connectivity index (χ0v) is 13.1. The second-order valence-corrected chi connectivity index (χ2v) is 4.11. The van der Waals surface area contributed by atoms with Gasteiger partial charge in [0.2, 0.25) is 0 Å². The second-order valence-electron chi connectivity index (χ2n) is 4.11.